The highest BCUT2D eigenvalue weighted by atomic mass is 32.1. The van der Waals surface area contributed by atoms with Gasteiger partial charge < -0.3 is 0 Å². The van der Waals surface area contributed by atoms with Crippen LogP contribution in [0.15, 0.2) is 24.3 Å². The standard InChI is InChI=1S/C24H22S3/c1-11-7-17-20(25-11)13-9-16-14(10-15(13)23(17,3)4)21-19(24(16,5)6)22-18(27-21)8-12(2)26-22/h7-10H,1-6H3. The monoisotopic (exact) mass is 406 g/mol. The van der Waals surface area contributed by atoms with Gasteiger partial charge in [-0.15, -0.1) is 34.0 Å². The van der Waals surface area contributed by atoms with Crippen molar-refractivity contribution in [2.75, 3.05) is 0 Å². The fourth-order valence-electron chi connectivity index (χ4n) is 5.23. The van der Waals surface area contributed by atoms with Gasteiger partial charge in [-0.2, -0.15) is 0 Å². The van der Waals surface area contributed by atoms with E-state index in [2.05, 4.69) is 65.8 Å². The highest BCUT2D eigenvalue weighted by Gasteiger charge is 2.44. The molecule has 3 heterocycles. The van der Waals surface area contributed by atoms with Gasteiger partial charge in [0.25, 0.3) is 0 Å². The average Bonchev–Trinajstić information content (AvgIpc) is 3.30. The molecule has 0 N–H and O–H groups in total. The first kappa shape index (κ1) is 16.5. The maximum absolute atomic E-state index is 2.53. The molecule has 0 unspecified atom stereocenters. The number of thiophene rings is 3. The predicted molar refractivity (Wildman–Crippen MR) is 122 cm³/mol. The molecular weight excluding hydrogens is 384 g/mol. The summed E-state index contributed by atoms with van der Waals surface area (Å²) in [5.74, 6) is 0. The number of hydrogen-bond acceptors (Lipinski definition) is 3. The fourth-order valence-corrected chi connectivity index (χ4v) is 9.33. The van der Waals surface area contributed by atoms with Gasteiger partial charge in [0.2, 0.25) is 0 Å². The summed E-state index contributed by atoms with van der Waals surface area (Å²) >= 11 is 5.93. The van der Waals surface area contributed by atoms with Gasteiger partial charge in [-0.1, -0.05) is 27.7 Å². The summed E-state index contributed by atoms with van der Waals surface area (Å²) in [6.07, 6.45) is 0. The molecule has 136 valence electrons. The van der Waals surface area contributed by atoms with Crippen molar-refractivity contribution in [1.82, 2.24) is 0 Å². The molecule has 4 aromatic rings. The summed E-state index contributed by atoms with van der Waals surface area (Å²) in [5.41, 5.74) is 9.26. The molecule has 27 heavy (non-hydrogen) atoms. The second-order valence-corrected chi connectivity index (χ2v) is 12.7. The number of fused-ring (bicyclic) bond motifs is 8. The van der Waals surface area contributed by atoms with E-state index >= 15 is 0 Å². The highest BCUT2D eigenvalue weighted by molar-refractivity contribution is 7.30. The topological polar surface area (TPSA) is 0 Å². The number of aryl methyl sites for hydroxylation is 2. The maximum Gasteiger partial charge on any atom is 0.0500 e. The number of benzene rings is 1. The van der Waals surface area contributed by atoms with Crippen LogP contribution in [0.5, 0.6) is 0 Å². The second kappa shape index (κ2) is 4.76. The van der Waals surface area contributed by atoms with Gasteiger partial charge in [-0.05, 0) is 71.5 Å². The third-order valence-corrected chi connectivity index (χ3v) is 10.1. The Morgan fingerprint density at radius 3 is 2.00 bits per heavy atom. The van der Waals surface area contributed by atoms with Gasteiger partial charge in [0.1, 0.15) is 0 Å². The molecule has 0 saturated carbocycles. The Morgan fingerprint density at radius 1 is 0.630 bits per heavy atom. The minimum absolute atomic E-state index is 0.0778. The van der Waals surface area contributed by atoms with Crippen LogP contribution in [-0.4, -0.2) is 0 Å². The summed E-state index contributed by atoms with van der Waals surface area (Å²) in [6, 6.07) is 9.85. The van der Waals surface area contributed by atoms with Crippen molar-refractivity contribution < 1.29 is 0 Å². The van der Waals surface area contributed by atoms with Crippen LogP contribution in [0.4, 0.5) is 0 Å². The van der Waals surface area contributed by atoms with Crippen LogP contribution < -0.4 is 0 Å². The first-order chi connectivity index (χ1) is 12.7. The zero-order chi connectivity index (χ0) is 18.9. The molecular formula is C24H22S3. The number of hydrogen-bond donors (Lipinski definition) is 0. The van der Waals surface area contributed by atoms with Crippen molar-refractivity contribution in [1.29, 1.82) is 0 Å². The molecule has 0 spiro atoms. The Labute approximate surface area is 172 Å². The molecule has 2 aliphatic carbocycles. The molecule has 1 aromatic carbocycles. The normalized spacial score (nSPS) is 17.9. The van der Waals surface area contributed by atoms with Crippen LogP contribution >= 0.6 is 34.0 Å². The molecule has 0 saturated heterocycles. The first-order valence-electron chi connectivity index (χ1n) is 9.53. The molecule has 0 amide bonds. The maximum atomic E-state index is 2.53. The quantitative estimate of drug-likeness (QED) is 0.276. The lowest BCUT2D eigenvalue weighted by atomic mass is 9.79. The Morgan fingerprint density at radius 2 is 1.26 bits per heavy atom. The van der Waals surface area contributed by atoms with Crippen LogP contribution in [0.3, 0.4) is 0 Å². The first-order valence-corrected chi connectivity index (χ1v) is 12.0. The van der Waals surface area contributed by atoms with E-state index in [9.17, 15) is 0 Å². The molecule has 3 heteroatoms. The van der Waals surface area contributed by atoms with Crippen molar-refractivity contribution in [3.8, 4) is 20.9 Å². The lowest BCUT2D eigenvalue weighted by Crippen LogP contribution is -2.17. The van der Waals surface area contributed by atoms with Crippen LogP contribution in [-0.2, 0) is 10.8 Å². The lowest BCUT2D eigenvalue weighted by Gasteiger charge is -2.24. The third-order valence-electron chi connectivity index (χ3n) is 6.63. The molecule has 3 aromatic heterocycles. The second-order valence-electron chi connectivity index (χ2n) is 9.15. The molecule has 2 aliphatic rings. The minimum atomic E-state index is 0.0778. The summed E-state index contributed by atoms with van der Waals surface area (Å²) in [7, 11) is 0. The van der Waals surface area contributed by atoms with Crippen molar-refractivity contribution in [3.63, 3.8) is 0 Å². The van der Waals surface area contributed by atoms with Crippen LogP contribution in [0.2, 0.25) is 0 Å². The SMILES string of the molecule is Cc1cc2c(s1)-c1cc3c(cc1C2(C)C)-c1sc2cc(C)sc2c1C3(C)C. The summed E-state index contributed by atoms with van der Waals surface area (Å²) in [4.78, 5) is 5.86. The molecule has 0 atom stereocenters. The fraction of sp³-hybridized carbons (Fsp3) is 0.333. The average molecular weight is 407 g/mol. The van der Waals surface area contributed by atoms with E-state index in [0.29, 0.717) is 0 Å². The molecule has 0 bridgehead atoms. The van der Waals surface area contributed by atoms with E-state index in [-0.39, 0.29) is 10.8 Å². The zero-order valence-corrected chi connectivity index (χ0v) is 19.0. The van der Waals surface area contributed by atoms with Gasteiger partial charge in [0, 0.05) is 35.0 Å². The Kier molecular flexibility index (Phi) is 2.91. The van der Waals surface area contributed by atoms with Gasteiger partial charge >= 0.3 is 0 Å². The molecule has 0 radical (unpaired) electrons. The number of rotatable bonds is 0. The molecule has 0 aliphatic heterocycles. The highest BCUT2D eigenvalue weighted by Crippen LogP contribution is 2.61. The summed E-state index contributed by atoms with van der Waals surface area (Å²) < 4.78 is 2.98. The molecule has 0 nitrogen and oxygen atoms in total. The Hall–Kier alpha value is -1.42. The van der Waals surface area contributed by atoms with Crippen molar-refractivity contribution in [2.45, 2.75) is 52.4 Å². The van der Waals surface area contributed by atoms with E-state index in [1.165, 1.54) is 56.7 Å². The van der Waals surface area contributed by atoms with E-state index < -0.39 is 0 Å². The minimum Gasteiger partial charge on any atom is -0.140 e. The van der Waals surface area contributed by atoms with E-state index in [0.717, 1.165) is 0 Å². The lowest BCUT2D eigenvalue weighted by molar-refractivity contribution is 0.655. The van der Waals surface area contributed by atoms with Gasteiger partial charge in [0.15, 0.2) is 0 Å². The molecule has 6 rings (SSSR count). The van der Waals surface area contributed by atoms with Crippen LogP contribution in [0.25, 0.3) is 30.3 Å². The van der Waals surface area contributed by atoms with E-state index in [4.69, 9.17) is 0 Å². The largest absolute Gasteiger partial charge is 0.140 e. The van der Waals surface area contributed by atoms with E-state index in [1.54, 1.807) is 5.56 Å². The summed E-state index contributed by atoms with van der Waals surface area (Å²) in [6.45, 7) is 14.1. The Balaban J connectivity index is 1.69. The molecule has 0 fully saturated rings. The van der Waals surface area contributed by atoms with Crippen molar-refractivity contribution in [3.05, 3.63) is 56.3 Å². The van der Waals surface area contributed by atoms with Gasteiger partial charge in [0.05, 0.1) is 4.70 Å². The smallest absolute Gasteiger partial charge is 0.0500 e. The predicted octanol–water partition coefficient (Wildman–Crippen LogP) is 8.25. The van der Waals surface area contributed by atoms with E-state index in [1.807, 2.05) is 34.0 Å². The van der Waals surface area contributed by atoms with Crippen LogP contribution in [0, 0.1) is 13.8 Å². The Bertz CT molecular complexity index is 1290. The van der Waals surface area contributed by atoms with Crippen LogP contribution in [0.1, 0.15) is 59.7 Å². The van der Waals surface area contributed by atoms with Gasteiger partial charge in [-0.3, -0.25) is 0 Å². The van der Waals surface area contributed by atoms with Crippen molar-refractivity contribution in [2.24, 2.45) is 0 Å². The third kappa shape index (κ3) is 1.84. The summed E-state index contributed by atoms with van der Waals surface area (Å²) in [5, 5.41) is 0. The zero-order valence-electron chi connectivity index (χ0n) is 16.5. The van der Waals surface area contributed by atoms with Crippen molar-refractivity contribution >= 4 is 43.4 Å². The van der Waals surface area contributed by atoms with Gasteiger partial charge in [-0.25, -0.2) is 0 Å².